The molecule has 1 atom stereocenters. The van der Waals surface area contributed by atoms with E-state index in [1.54, 1.807) is 17.7 Å². The SMILES string of the molecule is CCC(C)n1c(-c2ccccc2OC)ccc(C(=N)N)c1=O. The maximum atomic E-state index is 12.7. The van der Waals surface area contributed by atoms with E-state index in [4.69, 9.17) is 15.9 Å². The van der Waals surface area contributed by atoms with Gasteiger partial charge in [-0.1, -0.05) is 19.1 Å². The van der Waals surface area contributed by atoms with Crippen molar-refractivity contribution in [1.29, 1.82) is 5.41 Å². The topological polar surface area (TPSA) is 81.1 Å². The Hall–Kier alpha value is -2.56. The molecule has 0 aliphatic carbocycles. The Labute approximate surface area is 129 Å². The third kappa shape index (κ3) is 2.74. The molecule has 0 saturated carbocycles. The number of aromatic nitrogens is 1. The van der Waals surface area contributed by atoms with E-state index < -0.39 is 0 Å². The van der Waals surface area contributed by atoms with E-state index in [2.05, 4.69) is 0 Å². The molecule has 22 heavy (non-hydrogen) atoms. The van der Waals surface area contributed by atoms with Crippen molar-refractivity contribution in [3.63, 3.8) is 0 Å². The van der Waals surface area contributed by atoms with Crippen molar-refractivity contribution in [3.8, 4) is 17.0 Å². The fourth-order valence-corrected chi connectivity index (χ4v) is 2.45. The molecule has 1 aromatic carbocycles. The predicted molar refractivity (Wildman–Crippen MR) is 88.7 cm³/mol. The van der Waals surface area contributed by atoms with Crippen LogP contribution in [0.15, 0.2) is 41.2 Å². The summed E-state index contributed by atoms with van der Waals surface area (Å²) in [6, 6.07) is 11.0. The summed E-state index contributed by atoms with van der Waals surface area (Å²) in [7, 11) is 1.61. The molecule has 2 aromatic rings. The highest BCUT2D eigenvalue weighted by Crippen LogP contribution is 2.30. The second-order valence-electron chi connectivity index (χ2n) is 5.18. The lowest BCUT2D eigenvalue weighted by Crippen LogP contribution is -2.32. The number of hydrogen-bond acceptors (Lipinski definition) is 3. The summed E-state index contributed by atoms with van der Waals surface area (Å²) in [6.07, 6.45) is 0.795. The van der Waals surface area contributed by atoms with Gasteiger partial charge in [0.15, 0.2) is 0 Å². The fraction of sp³-hybridized carbons (Fsp3) is 0.294. The van der Waals surface area contributed by atoms with Gasteiger partial charge in [0.1, 0.15) is 11.6 Å². The zero-order valence-corrected chi connectivity index (χ0v) is 13.1. The highest BCUT2D eigenvalue weighted by molar-refractivity contribution is 5.94. The lowest BCUT2D eigenvalue weighted by Gasteiger charge is -2.21. The van der Waals surface area contributed by atoms with Gasteiger partial charge in [0.2, 0.25) is 0 Å². The maximum absolute atomic E-state index is 12.7. The number of nitrogens with two attached hydrogens (primary N) is 1. The molecule has 116 valence electrons. The summed E-state index contributed by atoms with van der Waals surface area (Å²) >= 11 is 0. The Bertz CT molecular complexity index is 750. The summed E-state index contributed by atoms with van der Waals surface area (Å²) in [5, 5.41) is 7.56. The first-order chi connectivity index (χ1) is 10.5. The van der Waals surface area contributed by atoms with Gasteiger partial charge in [-0.3, -0.25) is 10.2 Å². The monoisotopic (exact) mass is 299 g/mol. The largest absolute Gasteiger partial charge is 0.496 e. The lowest BCUT2D eigenvalue weighted by molar-refractivity contribution is 0.415. The number of methoxy groups -OCH3 is 1. The van der Waals surface area contributed by atoms with E-state index >= 15 is 0 Å². The van der Waals surface area contributed by atoms with Gasteiger partial charge in [-0.25, -0.2) is 0 Å². The predicted octanol–water partition coefficient (Wildman–Crippen LogP) is 2.78. The Kier molecular flexibility index (Phi) is 4.65. The van der Waals surface area contributed by atoms with Crippen LogP contribution in [0.2, 0.25) is 0 Å². The summed E-state index contributed by atoms with van der Waals surface area (Å²) in [6.45, 7) is 3.99. The summed E-state index contributed by atoms with van der Waals surface area (Å²) in [5.41, 5.74) is 7.10. The second kappa shape index (κ2) is 6.47. The van der Waals surface area contributed by atoms with Crippen LogP contribution in [0.4, 0.5) is 0 Å². The molecule has 2 rings (SSSR count). The maximum Gasteiger partial charge on any atom is 0.262 e. The fourth-order valence-electron chi connectivity index (χ4n) is 2.45. The van der Waals surface area contributed by atoms with Gasteiger partial charge in [0, 0.05) is 11.6 Å². The zero-order chi connectivity index (χ0) is 16.3. The van der Waals surface area contributed by atoms with Crippen LogP contribution >= 0.6 is 0 Å². The Morgan fingerprint density at radius 1 is 1.32 bits per heavy atom. The van der Waals surface area contributed by atoms with Gasteiger partial charge < -0.3 is 15.0 Å². The Morgan fingerprint density at radius 3 is 2.59 bits per heavy atom. The number of pyridine rings is 1. The van der Waals surface area contributed by atoms with Crippen LogP contribution in [0.1, 0.15) is 31.9 Å². The van der Waals surface area contributed by atoms with Crippen molar-refractivity contribution in [2.24, 2.45) is 5.73 Å². The van der Waals surface area contributed by atoms with E-state index in [1.165, 1.54) is 0 Å². The number of hydrogen-bond donors (Lipinski definition) is 2. The molecule has 1 unspecified atom stereocenters. The first-order valence-electron chi connectivity index (χ1n) is 7.24. The van der Waals surface area contributed by atoms with E-state index in [1.807, 2.05) is 44.2 Å². The third-order valence-corrected chi connectivity index (χ3v) is 3.82. The molecular formula is C17H21N3O2. The van der Waals surface area contributed by atoms with Gasteiger partial charge in [0.25, 0.3) is 5.56 Å². The van der Waals surface area contributed by atoms with E-state index in [-0.39, 0.29) is 23.0 Å². The number of nitrogen functional groups attached to an aromatic ring is 1. The Balaban J connectivity index is 2.79. The Morgan fingerprint density at radius 2 is 2.00 bits per heavy atom. The van der Waals surface area contributed by atoms with Gasteiger partial charge in [-0.2, -0.15) is 0 Å². The van der Waals surface area contributed by atoms with Crippen LogP contribution in [0, 0.1) is 5.41 Å². The molecule has 3 N–H and O–H groups in total. The molecular weight excluding hydrogens is 278 g/mol. The number of amidine groups is 1. The number of ether oxygens (including phenoxy) is 1. The minimum atomic E-state index is -0.245. The summed E-state index contributed by atoms with van der Waals surface area (Å²) in [5.74, 6) is 0.489. The van der Waals surface area contributed by atoms with Gasteiger partial charge in [-0.05, 0) is 37.6 Å². The van der Waals surface area contributed by atoms with Gasteiger partial charge >= 0.3 is 0 Å². The van der Waals surface area contributed by atoms with Crippen LogP contribution in [-0.4, -0.2) is 17.5 Å². The first-order valence-corrected chi connectivity index (χ1v) is 7.24. The molecule has 1 heterocycles. The lowest BCUT2D eigenvalue weighted by atomic mass is 10.1. The third-order valence-electron chi connectivity index (χ3n) is 3.82. The van der Waals surface area contributed by atoms with Crippen LogP contribution in [0.5, 0.6) is 5.75 Å². The molecule has 0 radical (unpaired) electrons. The molecule has 0 spiro atoms. The summed E-state index contributed by atoms with van der Waals surface area (Å²) < 4.78 is 7.09. The summed E-state index contributed by atoms with van der Waals surface area (Å²) in [4.78, 5) is 12.7. The van der Waals surface area contributed by atoms with Crippen molar-refractivity contribution in [3.05, 3.63) is 52.3 Å². The first kappa shape index (κ1) is 15.8. The second-order valence-corrected chi connectivity index (χ2v) is 5.18. The molecule has 5 nitrogen and oxygen atoms in total. The molecule has 0 amide bonds. The quantitative estimate of drug-likeness (QED) is 0.658. The molecule has 0 aliphatic heterocycles. The molecule has 1 aromatic heterocycles. The normalized spacial score (nSPS) is 12.0. The standard InChI is InChI=1S/C17H21N3O2/c1-4-11(2)20-14(10-9-13(16(18)19)17(20)21)12-7-5-6-8-15(12)22-3/h5-11H,4H2,1-3H3,(H3,18,19). The number of rotatable bonds is 5. The minimum Gasteiger partial charge on any atom is -0.496 e. The number of benzene rings is 1. The van der Waals surface area contributed by atoms with Gasteiger partial charge in [-0.15, -0.1) is 0 Å². The van der Waals surface area contributed by atoms with Crippen LogP contribution in [0.25, 0.3) is 11.3 Å². The molecule has 5 heteroatoms. The van der Waals surface area contributed by atoms with E-state index in [0.717, 1.165) is 17.7 Å². The van der Waals surface area contributed by atoms with Crippen LogP contribution < -0.4 is 16.0 Å². The highest BCUT2D eigenvalue weighted by Gasteiger charge is 2.17. The zero-order valence-electron chi connectivity index (χ0n) is 13.1. The van der Waals surface area contributed by atoms with Crippen LogP contribution in [0.3, 0.4) is 0 Å². The van der Waals surface area contributed by atoms with E-state index in [9.17, 15) is 4.79 Å². The molecule has 0 bridgehead atoms. The van der Waals surface area contributed by atoms with Crippen molar-refractivity contribution in [2.45, 2.75) is 26.3 Å². The van der Waals surface area contributed by atoms with Crippen molar-refractivity contribution in [1.82, 2.24) is 4.57 Å². The number of para-hydroxylation sites is 1. The van der Waals surface area contributed by atoms with Crippen molar-refractivity contribution < 1.29 is 4.74 Å². The number of nitrogens with zero attached hydrogens (tertiary/aromatic N) is 1. The minimum absolute atomic E-state index is 0.00767. The smallest absolute Gasteiger partial charge is 0.262 e. The number of nitrogens with one attached hydrogen (secondary N) is 1. The van der Waals surface area contributed by atoms with Crippen molar-refractivity contribution in [2.75, 3.05) is 7.11 Å². The molecule has 0 aliphatic rings. The van der Waals surface area contributed by atoms with Crippen LogP contribution in [-0.2, 0) is 0 Å². The molecule has 0 saturated heterocycles. The van der Waals surface area contributed by atoms with Crippen molar-refractivity contribution >= 4 is 5.84 Å². The molecule has 0 fully saturated rings. The highest BCUT2D eigenvalue weighted by atomic mass is 16.5. The average Bonchev–Trinajstić information content (AvgIpc) is 2.53. The van der Waals surface area contributed by atoms with E-state index in [0.29, 0.717) is 5.75 Å². The average molecular weight is 299 g/mol. The van der Waals surface area contributed by atoms with Gasteiger partial charge in [0.05, 0.1) is 18.4 Å².